The van der Waals surface area contributed by atoms with Gasteiger partial charge < -0.3 is 43.8 Å². The Kier molecular flexibility index (Phi) is 14.9. The fourth-order valence-electron chi connectivity index (χ4n) is 4.11. The Balaban J connectivity index is 0.000000498. The molecule has 45 heavy (non-hydrogen) atoms. The van der Waals surface area contributed by atoms with E-state index in [0.29, 0.717) is 30.0 Å². The van der Waals surface area contributed by atoms with E-state index in [-0.39, 0.29) is 12.4 Å². The Labute approximate surface area is 263 Å². The Bertz CT molecular complexity index is 1390. The molecule has 0 saturated heterocycles. The van der Waals surface area contributed by atoms with Gasteiger partial charge in [-0.2, -0.15) is 0 Å². The van der Waals surface area contributed by atoms with Crippen molar-refractivity contribution in [2.75, 3.05) is 18.1 Å². The molecule has 0 aromatic heterocycles. The Hall–Kier alpha value is -4.57. The Morgan fingerprint density at radius 1 is 1.09 bits per heavy atom. The molecule has 15 nitrogen and oxygen atoms in total. The maximum absolute atomic E-state index is 13.3. The molecule has 2 aromatic rings. The van der Waals surface area contributed by atoms with Gasteiger partial charge in [-0.3, -0.25) is 29.5 Å². The van der Waals surface area contributed by atoms with Crippen LogP contribution in [-0.4, -0.2) is 88.2 Å². The summed E-state index contributed by atoms with van der Waals surface area (Å²) in [6.45, 7) is -0.212. The van der Waals surface area contributed by atoms with Crippen LogP contribution in [0.3, 0.4) is 0 Å². The molecule has 2 aromatic carbocycles. The van der Waals surface area contributed by atoms with Crippen LogP contribution in [0.15, 0.2) is 65.7 Å². The van der Waals surface area contributed by atoms with Crippen molar-refractivity contribution in [2.45, 2.75) is 53.6 Å². The van der Waals surface area contributed by atoms with E-state index in [4.69, 9.17) is 33.5 Å². The number of aliphatic hydroxyl groups excluding tert-OH is 1. The SMILES string of the molecule is N=C(N)NCCCC(N)C(=O)O.NC(Cc1ccccc1)C(=O)NC(CO)C(=O)C1Sc2ccccc2N(C=C=O)C(=O)[C@@H]1N. The van der Waals surface area contributed by atoms with Gasteiger partial charge in [-0.1, -0.05) is 42.5 Å². The van der Waals surface area contributed by atoms with Crippen LogP contribution in [-0.2, 0) is 30.4 Å². The topological polar surface area (TPSA) is 281 Å². The van der Waals surface area contributed by atoms with Crippen LogP contribution in [0.25, 0.3) is 0 Å². The first-order valence-corrected chi connectivity index (χ1v) is 14.6. The Morgan fingerprint density at radius 3 is 2.33 bits per heavy atom. The van der Waals surface area contributed by atoms with Crippen molar-refractivity contribution >= 4 is 52.9 Å². The van der Waals surface area contributed by atoms with Crippen LogP contribution < -0.4 is 38.5 Å². The number of carbonyl (C=O) groups is 4. The number of hydrogen-bond acceptors (Lipinski definition) is 11. The summed E-state index contributed by atoms with van der Waals surface area (Å²) in [6, 6.07) is 11.4. The zero-order chi connectivity index (χ0) is 33.5. The van der Waals surface area contributed by atoms with E-state index < -0.39 is 59.6 Å². The predicted octanol–water partition coefficient (Wildman–Crippen LogP) is -1.56. The highest BCUT2D eigenvalue weighted by Crippen LogP contribution is 2.38. The number of rotatable bonds is 13. The third kappa shape index (κ3) is 11.1. The number of thioether (sulfide) groups is 1. The maximum atomic E-state index is 13.3. The van der Waals surface area contributed by atoms with E-state index in [9.17, 15) is 29.1 Å². The summed E-state index contributed by atoms with van der Waals surface area (Å²) in [5.41, 5.74) is 23.5. The van der Waals surface area contributed by atoms with E-state index in [2.05, 4.69) is 10.6 Å². The molecule has 16 heteroatoms. The average molecular weight is 643 g/mol. The number of Topliss-reactive ketones (excluding diaryl/α,β-unsaturated/α-hetero) is 1. The number of nitrogens with one attached hydrogen (secondary N) is 3. The highest BCUT2D eigenvalue weighted by atomic mass is 32.2. The average Bonchev–Trinajstić information content (AvgIpc) is 3.12. The van der Waals surface area contributed by atoms with Crippen molar-refractivity contribution in [3.63, 3.8) is 0 Å². The molecule has 0 saturated carbocycles. The fourth-order valence-corrected chi connectivity index (χ4v) is 5.37. The summed E-state index contributed by atoms with van der Waals surface area (Å²) in [7, 11) is 0. The number of carboxylic acids is 1. The lowest BCUT2D eigenvalue weighted by Gasteiger charge is -2.25. The summed E-state index contributed by atoms with van der Waals surface area (Å²) in [5.74, 6) is -1.48. The number of para-hydroxylation sites is 1. The lowest BCUT2D eigenvalue weighted by Crippen LogP contribution is -2.57. The monoisotopic (exact) mass is 642 g/mol. The van der Waals surface area contributed by atoms with Crippen LogP contribution in [0.1, 0.15) is 18.4 Å². The summed E-state index contributed by atoms with van der Waals surface area (Å²) in [5, 5.41) is 28.9. The molecule has 13 N–H and O–H groups in total. The molecule has 4 unspecified atom stereocenters. The predicted molar refractivity (Wildman–Crippen MR) is 169 cm³/mol. The van der Waals surface area contributed by atoms with E-state index >= 15 is 0 Å². The van der Waals surface area contributed by atoms with Gasteiger partial charge >= 0.3 is 5.97 Å². The molecule has 1 heterocycles. The highest BCUT2D eigenvalue weighted by Gasteiger charge is 2.41. The van der Waals surface area contributed by atoms with Gasteiger partial charge in [0, 0.05) is 11.4 Å². The molecule has 2 amide bonds. The summed E-state index contributed by atoms with van der Waals surface area (Å²) in [6.07, 6.45) is 2.14. The zero-order valence-corrected chi connectivity index (χ0v) is 25.1. The van der Waals surface area contributed by atoms with Gasteiger partial charge in [-0.05, 0) is 37.0 Å². The van der Waals surface area contributed by atoms with Gasteiger partial charge in [0.05, 0.1) is 29.8 Å². The number of nitrogens with two attached hydrogens (primary N) is 4. The minimum absolute atomic E-state index is 0.112. The number of guanidine groups is 1. The first-order valence-electron chi connectivity index (χ1n) is 13.8. The fraction of sp³-hybridized carbons (Fsp3) is 0.345. The first-order chi connectivity index (χ1) is 21.4. The molecule has 1 aliphatic rings. The molecule has 5 atom stereocenters. The lowest BCUT2D eigenvalue weighted by atomic mass is 10.0. The van der Waals surface area contributed by atoms with E-state index in [0.717, 1.165) is 28.4 Å². The normalized spacial score (nSPS) is 17.5. The van der Waals surface area contributed by atoms with Gasteiger partial charge in [0.2, 0.25) is 11.8 Å². The van der Waals surface area contributed by atoms with Crippen LogP contribution in [0.4, 0.5) is 5.69 Å². The molecule has 0 spiro atoms. The number of fused-ring (bicyclic) bond motifs is 1. The summed E-state index contributed by atoms with van der Waals surface area (Å²) < 4.78 is 0. The lowest BCUT2D eigenvalue weighted by molar-refractivity contribution is -0.138. The quantitative estimate of drug-likeness (QED) is 0.0518. The minimum atomic E-state index is -1.33. The summed E-state index contributed by atoms with van der Waals surface area (Å²) >= 11 is 1.03. The zero-order valence-electron chi connectivity index (χ0n) is 24.3. The van der Waals surface area contributed by atoms with Gasteiger partial charge in [-0.25, -0.2) is 4.79 Å². The van der Waals surface area contributed by atoms with E-state index in [1.54, 1.807) is 30.2 Å². The number of anilines is 1. The first kappa shape index (κ1) is 36.6. The van der Waals surface area contributed by atoms with Gasteiger partial charge in [-0.15, -0.1) is 11.8 Å². The van der Waals surface area contributed by atoms with Crippen molar-refractivity contribution < 1.29 is 34.2 Å². The van der Waals surface area contributed by atoms with E-state index in [1.807, 2.05) is 30.3 Å². The molecule has 242 valence electrons. The Morgan fingerprint density at radius 2 is 1.73 bits per heavy atom. The van der Waals surface area contributed by atoms with Crippen LogP contribution in [0.2, 0.25) is 0 Å². The smallest absolute Gasteiger partial charge is 0.320 e. The second-order valence-electron chi connectivity index (χ2n) is 9.86. The van der Waals surface area contributed by atoms with Crippen LogP contribution >= 0.6 is 11.8 Å². The molecule has 3 rings (SSSR count). The number of amides is 2. The van der Waals surface area contributed by atoms with Crippen LogP contribution in [0.5, 0.6) is 0 Å². The molecule has 0 aliphatic carbocycles. The largest absolute Gasteiger partial charge is 0.480 e. The van der Waals surface area contributed by atoms with Crippen LogP contribution in [0, 0.1) is 5.41 Å². The second kappa shape index (κ2) is 18.3. The molecular weight excluding hydrogens is 604 g/mol. The highest BCUT2D eigenvalue weighted by molar-refractivity contribution is 8.01. The minimum Gasteiger partial charge on any atom is -0.480 e. The maximum Gasteiger partial charge on any atom is 0.320 e. The third-order valence-electron chi connectivity index (χ3n) is 6.49. The van der Waals surface area contributed by atoms with Crippen molar-refractivity contribution in [1.82, 2.24) is 10.6 Å². The third-order valence-corrected chi connectivity index (χ3v) is 7.87. The molecule has 0 bridgehead atoms. The molecule has 1 aliphatic heterocycles. The van der Waals surface area contributed by atoms with E-state index in [1.165, 1.54) is 0 Å². The number of hydrogen-bond donors (Lipinski definition) is 9. The van der Waals surface area contributed by atoms with Gasteiger partial charge in [0.1, 0.15) is 24.1 Å². The molecular formula is C29H38N8O7S. The van der Waals surface area contributed by atoms with Crippen molar-refractivity contribution in [1.29, 1.82) is 5.41 Å². The molecule has 0 radical (unpaired) electrons. The van der Waals surface area contributed by atoms with Gasteiger partial charge in [0.15, 0.2) is 11.7 Å². The molecule has 0 fully saturated rings. The van der Waals surface area contributed by atoms with Gasteiger partial charge in [0.25, 0.3) is 0 Å². The number of ketones is 1. The standard InChI is InChI=1S/C23H24N4O5S.C6H14N4O2/c24-15(12-14-6-2-1-3-7-14)22(31)26-16(13-29)20(30)21-19(25)23(32)27(10-11-28)17-8-4-5-9-18(17)33-21;7-4(5(11)12)2-1-3-10-6(8)9/h1-10,15-16,19,21,29H,12-13,24-25H2,(H,26,31);4H,1-3,7H2,(H,11,12)(H4,8,9,10)/t15?,16?,19-,21?;/m1./s1. The van der Waals surface area contributed by atoms with Crippen molar-refractivity contribution in [3.8, 4) is 0 Å². The van der Waals surface area contributed by atoms with Crippen molar-refractivity contribution in [2.24, 2.45) is 22.9 Å². The summed E-state index contributed by atoms with van der Waals surface area (Å²) in [4.78, 5) is 61.5. The number of aliphatic hydroxyl groups is 1. The number of nitrogens with zero attached hydrogens (tertiary/aromatic N) is 1. The number of benzene rings is 2. The number of aliphatic carboxylic acids is 1. The second-order valence-corrected chi connectivity index (χ2v) is 11.0. The number of carboxylic acid groups (broad SMARTS) is 1. The number of carbonyl (C=O) groups excluding carboxylic acids is 4. The van der Waals surface area contributed by atoms with Crippen molar-refractivity contribution in [3.05, 3.63) is 66.4 Å².